The molecule has 0 aromatic heterocycles. The average Bonchev–Trinajstić information content (AvgIpc) is 2.33. The van der Waals surface area contributed by atoms with Crippen LogP contribution in [0.5, 0.6) is 0 Å². The number of hydrogen-bond acceptors (Lipinski definition) is 2. The molecule has 0 saturated carbocycles. The molecule has 0 saturated heterocycles. The molecular weight excluding hydrogens is 415 g/mol. The Morgan fingerprint density at radius 3 is 1.67 bits per heavy atom. The zero-order chi connectivity index (χ0) is 19.8. The minimum absolute atomic E-state index is 0.459. The highest BCUT2D eigenvalue weighted by atomic mass is 35.5. The number of carbonyl (C=O) groups is 1. The Hall–Kier alpha value is -0.150. The van der Waals surface area contributed by atoms with Crippen LogP contribution in [0.4, 0.5) is 30.7 Å². The van der Waals surface area contributed by atoms with Crippen LogP contribution in [-0.4, -0.2) is 40.8 Å². The van der Waals surface area contributed by atoms with Crippen molar-refractivity contribution in [2.75, 3.05) is 7.11 Å². The van der Waals surface area contributed by atoms with Crippen molar-refractivity contribution in [3.63, 3.8) is 0 Å². The summed E-state index contributed by atoms with van der Waals surface area (Å²) in [6.45, 7) is 2.51. The third-order valence-electron chi connectivity index (χ3n) is 3.40. The van der Waals surface area contributed by atoms with E-state index in [1.807, 2.05) is 0 Å². The van der Waals surface area contributed by atoms with Crippen molar-refractivity contribution < 1.29 is 40.3 Å². The third-order valence-corrected chi connectivity index (χ3v) is 4.97. The van der Waals surface area contributed by atoms with E-state index < -0.39 is 52.0 Å². The molecule has 24 heavy (non-hydrogen) atoms. The molecule has 0 rings (SSSR count). The van der Waals surface area contributed by atoms with E-state index in [4.69, 9.17) is 34.8 Å². The molecule has 0 aliphatic carbocycles. The third kappa shape index (κ3) is 4.72. The molecule has 0 amide bonds. The first-order chi connectivity index (χ1) is 10.3. The SMILES string of the molecule is COC(=O)CC(C)(C)C(Cl)CC(Cl)(Cl)C(F)(C(F)(F)F)C(F)(F)F. The molecule has 0 bridgehead atoms. The van der Waals surface area contributed by atoms with Gasteiger partial charge in [-0.25, -0.2) is 4.39 Å². The summed E-state index contributed by atoms with van der Waals surface area (Å²) in [5.41, 5.74) is -7.29. The normalized spacial score (nSPS) is 16.0. The molecule has 1 unspecified atom stereocenters. The predicted octanol–water partition coefficient (Wildman–Crippen LogP) is 5.58. The maximum absolute atomic E-state index is 14.0. The van der Waals surface area contributed by atoms with Crippen LogP contribution in [0.15, 0.2) is 0 Å². The molecule has 0 aliphatic rings. The number of alkyl halides is 10. The smallest absolute Gasteiger partial charge is 0.434 e. The van der Waals surface area contributed by atoms with E-state index in [-0.39, 0.29) is 0 Å². The Bertz CT molecular complexity index is 447. The van der Waals surface area contributed by atoms with Gasteiger partial charge in [0, 0.05) is 11.8 Å². The van der Waals surface area contributed by atoms with Gasteiger partial charge in [0.2, 0.25) is 0 Å². The van der Waals surface area contributed by atoms with Crippen molar-refractivity contribution in [1.82, 2.24) is 0 Å². The van der Waals surface area contributed by atoms with Gasteiger partial charge in [0.1, 0.15) is 0 Å². The zero-order valence-corrected chi connectivity index (χ0v) is 14.9. The van der Waals surface area contributed by atoms with E-state index in [9.17, 15) is 35.5 Å². The monoisotopic (exact) mass is 428 g/mol. The van der Waals surface area contributed by atoms with Gasteiger partial charge >= 0.3 is 24.0 Å². The quantitative estimate of drug-likeness (QED) is 0.313. The molecule has 0 aromatic rings. The summed E-state index contributed by atoms with van der Waals surface area (Å²) in [4.78, 5) is 11.2. The van der Waals surface area contributed by atoms with Crippen molar-refractivity contribution >= 4 is 40.8 Å². The van der Waals surface area contributed by atoms with Crippen molar-refractivity contribution in [3.05, 3.63) is 0 Å². The largest absolute Gasteiger partial charge is 0.469 e. The van der Waals surface area contributed by atoms with Gasteiger partial charge in [0.05, 0.1) is 13.5 Å². The van der Waals surface area contributed by atoms with Crippen LogP contribution < -0.4 is 0 Å². The molecule has 144 valence electrons. The Balaban J connectivity index is 5.69. The van der Waals surface area contributed by atoms with E-state index in [2.05, 4.69) is 4.74 Å². The number of carbonyl (C=O) groups excluding carboxylic acids is 1. The topological polar surface area (TPSA) is 26.3 Å². The summed E-state index contributed by atoms with van der Waals surface area (Å²) in [6, 6.07) is 0. The molecule has 0 spiro atoms. The van der Waals surface area contributed by atoms with Crippen LogP contribution >= 0.6 is 34.8 Å². The van der Waals surface area contributed by atoms with Crippen molar-refractivity contribution in [1.29, 1.82) is 0 Å². The maximum atomic E-state index is 14.0. The lowest BCUT2D eigenvalue weighted by Crippen LogP contribution is -2.64. The summed E-state index contributed by atoms with van der Waals surface area (Å²) >= 11 is 16.1. The second-order valence-electron chi connectivity index (χ2n) is 5.77. The second-order valence-corrected chi connectivity index (χ2v) is 7.78. The minimum Gasteiger partial charge on any atom is -0.469 e. The van der Waals surface area contributed by atoms with Crippen LogP contribution in [0, 0.1) is 5.41 Å². The number of ether oxygens (including phenoxy) is 1. The molecule has 2 nitrogen and oxygen atoms in total. The highest BCUT2D eigenvalue weighted by Gasteiger charge is 2.81. The van der Waals surface area contributed by atoms with Gasteiger partial charge in [-0.05, 0) is 5.41 Å². The Morgan fingerprint density at radius 2 is 1.38 bits per heavy atom. The van der Waals surface area contributed by atoms with Gasteiger partial charge in [-0.2, -0.15) is 26.3 Å². The van der Waals surface area contributed by atoms with E-state index in [1.54, 1.807) is 0 Å². The summed E-state index contributed by atoms with van der Waals surface area (Å²) < 4.78 is 90.7. The average molecular weight is 430 g/mol. The van der Waals surface area contributed by atoms with Gasteiger partial charge < -0.3 is 4.74 Å². The first-order valence-electron chi connectivity index (χ1n) is 6.24. The predicted molar refractivity (Wildman–Crippen MR) is 75.1 cm³/mol. The molecule has 0 aliphatic heterocycles. The Kier molecular flexibility index (Phi) is 7.18. The molecule has 0 N–H and O–H groups in total. The van der Waals surface area contributed by atoms with Crippen LogP contribution in [-0.2, 0) is 9.53 Å². The minimum atomic E-state index is -6.43. The van der Waals surface area contributed by atoms with Gasteiger partial charge in [-0.1, -0.05) is 37.0 Å². The van der Waals surface area contributed by atoms with E-state index in [0.29, 0.717) is 0 Å². The molecule has 1 atom stereocenters. The zero-order valence-electron chi connectivity index (χ0n) is 12.6. The summed E-state index contributed by atoms with van der Waals surface area (Å²) in [5.74, 6) is -0.821. The van der Waals surface area contributed by atoms with Gasteiger partial charge in [-0.3, -0.25) is 4.79 Å². The molecule has 12 heteroatoms. The number of rotatable bonds is 6. The van der Waals surface area contributed by atoms with E-state index in [1.165, 1.54) is 13.8 Å². The van der Waals surface area contributed by atoms with E-state index in [0.717, 1.165) is 7.11 Å². The fourth-order valence-corrected chi connectivity index (χ4v) is 2.98. The Morgan fingerprint density at radius 1 is 1.00 bits per heavy atom. The van der Waals surface area contributed by atoms with Gasteiger partial charge in [0.15, 0.2) is 4.33 Å². The first-order valence-corrected chi connectivity index (χ1v) is 7.44. The molecule has 0 radical (unpaired) electrons. The van der Waals surface area contributed by atoms with Crippen LogP contribution in [0.2, 0.25) is 0 Å². The lowest BCUT2D eigenvalue weighted by atomic mass is 9.81. The van der Waals surface area contributed by atoms with Crippen LogP contribution in [0.25, 0.3) is 0 Å². The lowest BCUT2D eigenvalue weighted by molar-refractivity contribution is -0.346. The first kappa shape index (κ1) is 23.9. The molecule has 0 fully saturated rings. The number of esters is 1. The fourth-order valence-electron chi connectivity index (χ4n) is 1.77. The molecular formula is C12H14Cl3F7O2. The van der Waals surface area contributed by atoms with Crippen LogP contribution in [0.3, 0.4) is 0 Å². The summed E-state index contributed by atoms with van der Waals surface area (Å²) in [6.07, 6.45) is -14.8. The van der Waals surface area contributed by atoms with Crippen molar-refractivity contribution in [2.45, 2.75) is 54.4 Å². The lowest BCUT2D eigenvalue weighted by Gasteiger charge is -2.41. The van der Waals surface area contributed by atoms with Crippen molar-refractivity contribution in [3.8, 4) is 0 Å². The fraction of sp³-hybridized carbons (Fsp3) is 0.917. The summed E-state index contributed by atoms with van der Waals surface area (Å²) in [7, 11) is 1.02. The maximum Gasteiger partial charge on any atom is 0.434 e. The standard InChI is InChI=1S/C12H14Cl3F7O2/c1-8(2,5-7(23)24-3)6(13)4-9(14,15)10(16,11(17,18)19)12(20,21)22/h6H,4-5H2,1-3H3. The number of halogens is 10. The molecule has 0 heterocycles. The van der Waals surface area contributed by atoms with Gasteiger partial charge in [0.25, 0.3) is 0 Å². The second kappa shape index (κ2) is 7.23. The van der Waals surface area contributed by atoms with Crippen molar-refractivity contribution in [2.24, 2.45) is 5.41 Å². The Labute approximate surface area is 148 Å². The number of methoxy groups -OCH3 is 1. The van der Waals surface area contributed by atoms with Crippen LogP contribution in [0.1, 0.15) is 26.7 Å². The van der Waals surface area contributed by atoms with E-state index >= 15 is 0 Å². The highest BCUT2D eigenvalue weighted by molar-refractivity contribution is 6.49. The highest BCUT2D eigenvalue weighted by Crippen LogP contribution is 2.59. The van der Waals surface area contributed by atoms with Gasteiger partial charge in [-0.15, -0.1) is 11.6 Å². The molecule has 0 aromatic carbocycles. The summed E-state index contributed by atoms with van der Waals surface area (Å²) in [5, 5.41) is -1.61. The number of hydrogen-bond donors (Lipinski definition) is 0.